The summed E-state index contributed by atoms with van der Waals surface area (Å²) in [6.07, 6.45) is 0. The normalized spacial score (nSPS) is 9.71. The first-order valence-corrected chi connectivity index (χ1v) is 5.18. The summed E-state index contributed by atoms with van der Waals surface area (Å²) in [4.78, 5) is 21.9. The number of nitrogens with one attached hydrogen (secondary N) is 2. The summed E-state index contributed by atoms with van der Waals surface area (Å²) in [5, 5.41) is 14.3. The number of carbonyl (C=O) groups is 2. The van der Waals surface area contributed by atoms with Crippen LogP contribution in [-0.4, -0.2) is 30.1 Å². The van der Waals surface area contributed by atoms with Crippen LogP contribution in [0.1, 0.15) is 17.3 Å². The Kier molecular flexibility index (Phi) is 4.33. The zero-order chi connectivity index (χ0) is 12.8. The smallest absolute Gasteiger partial charge is 0.337 e. The Hall–Kier alpha value is -2.24. The summed E-state index contributed by atoms with van der Waals surface area (Å²) in [5.41, 5.74) is 6.39. The predicted molar refractivity (Wildman–Crippen MR) is 65.0 cm³/mol. The van der Waals surface area contributed by atoms with Gasteiger partial charge in [0, 0.05) is 17.9 Å². The molecule has 6 heteroatoms. The van der Waals surface area contributed by atoms with Crippen molar-refractivity contribution in [2.24, 2.45) is 0 Å². The van der Waals surface area contributed by atoms with Gasteiger partial charge in [-0.15, -0.1) is 0 Å². The molecule has 0 aliphatic carbocycles. The van der Waals surface area contributed by atoms with Gasteiger partial charge in [0.2, 0.25) is 5.91 Å². The second-order valence-electron chi connectivity index (χ2n) is 3.41. The largest absolute Gasteiger partial charge is 0.478 e. The Balaban J connectivity index is 2.65. The number of amides is 1. The summed E-state index contributed by atoms with van der Waals surface area (Å²) in [6, 6.07) is 4.46. The minimum absolute atomic E-state index is 0.0496. The molecule has 1 aromatic carbocycles. The molecule has 0 aliphatic rings. The number of carboxylic acid groups (broad SMARTS) is 1. The topological polar surface area (TPSA) is 104 Å². The maximum Gasteiger partial charge on any atom is 0.337 e. The summed E-state index contributed by atoms with van der Waals surface area (Å²) < 4.78 is 0. The standard InChI is InChI=1S/C11H15N3O3/c1-2-13-10(15)6-14-7-3-4-8(11(16)17)9(12)5-7/h3-5,14H,2,6,12H2,1H3,(H,13,15)(H,16,17). The van der Waals surface area contributed by atoms with E-state index >= 15 is 0 Å². The molecule has 0 heterocycles. The lowest BCUT2D eigenvalue weighted by atomic mass is 10.1. The number of nitrogens with two attached hydrogens (primary N) is 1. The number of nitrogen functional groups attached to an aromatic ring is 1. The van der Waals surface area contributed by atoms with Crippen LogP contribution in [0.15, 0.2) is 18.2 Å². The molecule has 0 aliphatic heterocycles. The van der Waals surface area contributed by atoms with Crippen molar-refractivity contribution in [3.8, 4) is 0 Å². The molecule has 0 atom stereocenters. The minimum Gasteiger partial charge on any atom is -0.478 e. The van der Waals surface area contributed by atoms with E-state index in [0.717, 1.165) is 0 Å². The van der Waals surface area contributed by atoms with Crippen LogP contribution < -0.4 is 16.4 Å². The van der Waals surface area contributed by atoms with E-state index < -0.39 is 5.97 Å². The van der Waals surface area contributed by atoms with Crippen molar-refractivity contribution in [3.63, 3.8) is 0 Å². The van der Waals surface area contributed by atoms with E-state index in [0.29, 0.717) is 12.2 Å². The molecule has 5 N–H and O–H groups in total. The van der Waals surface area contributed by atoms with Crippen LogP contribution >= 0.6 is 0 Å². The van der Waals surface area contributed by atoms with Crippen LogP contribution in [0.5, 0.6) is 0 Å². The molecule has 0 unspecified atom stereocenters. The van der Waals surface area contributed by atoms with Gasteiger partial charge >= 0.3 is 5.97 Å². The van der Waals surface area contributed by atoms with Gasteiger partial charge in [-0.2, -0.15) is 0 Å². The van der Waals surface area contributed by atoms with Crippen molar-refractivity contribution < 1.29 is 14.7 Å². The number of carbonyl (C=O) groups excluding carboxylic acids is 1. The van der Waals surface area contributed by atoms with E-state index in [-0.39, 0.29) is 23.7 Å². The van der Waals surface area contributed by atoms with Crippen molar-refractivity contribution in [1.82, 2.24) is 5.32 Å². The Morgan fingerprint density at radius 2 is 2.12 bits per heavy atom. The number of anilines is 2. The first-order valence-electron chi connectivity index (χ1n) is 5.18. The highest BCUT2D eigenvalue weighted by molar-refractivity contribution is 5.94. The predicted octanol–water partition coefficient (Wildman–Crippen LogP) is 0.515. The average Bonchev–Trinajstić information content (AvgIpc) is 2.26. The molecule has 0 aromatic heterocycles. The summed E-state index contributed by atoms with van der Waals surface area (Å²) in [5.74, 6) is -1.20. The molecular weight excluding hydrogens is 222 g/mol. The fourth-order valence-corrected chi connectivity index (χ4v) is 1.31. The quantitative estimate of drug-likeness (QED) is 0.559. The van der Waals surface area contributed by atoms with Gasteiger partial charge in [0.25, 0.3) is 0 Å². The van der Waals surface area contributed by atoms with Crippen LogP contribution in [0.25, 0.3) is 0 Å². The molecule has 0 saturated heterocycles. The van der Waals surface area contributed by atoms with Crippen LogP contribution in [0.2, 0.25) is 0 Å². The van der Waals surface area contributed by atoms with Gasteiger partial charge in [-0.25, -0.2) is 4.79 Å². The minimum atomic E-state index is -1.07. The molecule has 17 heavy (non-hydrogen) atoms. The molecule has 0 radical (unpaired) electrons. The van der Waals surface area contributed by atoms with Crippen molar-refractivity contribution >= 4 is 23.3 Å². The lowest BCUT2D eigenvalue weighted by Gasteiger charge is -2.08. The third-order valence-electron chi connectivity index (χ3n) is 2.11. The molecule has 92 valence electrons. The number of hydrogen-bond acceptors (Lipinski definition) is 4. The van der Waals surface area contributed by atoms with E-state index in [1.54, 1.807) is 6.07 Å². The summed E-state index contributed by atoms with van der Waals surface area (Å²) >= 11 is 0. The maximum atomic E-state index is 11.2. The summed E-state index contributed by atoms with van der Waals surface area (Å²) in [7, 11) is 0. The van der Waals surface area contributed by atoms with Crippen LogP contribution in [0.4, 0.5) is 11.4 Å². The molecule has 0 fully saturated rings. The third kappa shape index (κ3) is 3.67. The molecular formula is C11H15N3O3. The Morgan fingerprint density at radius 1 is 1.41 bits per heavy atom. The molecule has 1 rings (SSSR count). The second-order valence-corrected chi connectivity index (χ2v) is 3.41. The van der Waals surface area contributed by atoms with Gasteiger partial charge in [-0.05, 0) is 25.1 Å². The highest BCUT2D eigenvalue weighted by Crippen LogP contribution is 2.17. The first-order chi connectivity index (χ1) is 8.04. The Labute approximate surface area is 98.8 Å². The van der Waals surface area contributed by atoms with Crippen molar-refractivity contribution in [2.45, 2.75) is 6.92 Å². The molecule has 6 nitrogen and oxygen atoms in total. The first kappa shape index (κ1) is 12.8. The summed E-state index contributed by atoms with van der Waals surface area (Å²) in [6.45, 7) is 2.53. The Morgan fingerprint density at radius 3 is 2.65 bits per heavy atom. The number of carboxylic acids is 1. The van der Waals surface area contributed by atoms with E-state index in [2.05, 4.69) is 10.6 Å². The molecule has 1 amide bonds. The highest BCUT2D eigenvalue weighted by Gasteiger charge is 2.08. The zero-order valence-electron chi connectivity index (χ0n) is 9.49. The van der Waals surface area contributed by atoms with Gasteiger partial charge in [-0.3, -0.25) is 4.79 Å². The number of rotatable bonds is 5. The maximum absolute atomic E-state index is 11.2. The fraction of sp³-hybridized carbons (Fsp3) is 0.273. The SMILES string of the molecule is CCNC(=O)CNc1ccc(C(=O)O)c(N)c1. The van der Waals surface area contributed by atoms with Gasteiger partial charge in [0.05, 0.1) is 12.1 Å². The zero-order valence-corrected chi connectivity index (χ0v) is 9.49. The molecule has 0 spiro atoms. The number of hydrogen-bond donors (Lipinski definition) is 4. The van der Waals surface area contributed by atoms with Crippen LogP contribution in [0.3, 0.4) is 0 Å². The number of aromatic carboxylic acids is 1. The van der Waals surface area contributed by atoms with Gasteiger partial charge in [0.1, 0.15) is 0 Å². The Bertz CT molecular complexity index is 432. The number of likely N-dealkylation sites (N-methyl/N-ethyl adjacent to an activating group) is 1. The average molecular weight is 237 g/mol. The highest BCUT2D eigenvalue weighted by atomic mass is 16.4. The second kappa shape index (κ2) is 5.74. The monoisotopic (exact) mass is 237 g/mol. The van der Waals surface area contributed by atoms with Gasteiger partial charge in [-0.1, -0.05) is 0 Å². The van der Waals surface area contributed by atoms with Crippen molar-refractivity contribution in [1.29, 1.82) is 0 Å². The van der Waals surface area contributed by atoms with Gasteiger partial charge in [0.15, 0.2) is 0 Å². The molecule has 0 saturated carbocycles. The van der Waals surface area contributed by atoms with Gasteiger partial charge < -0.3 is 21.5 Å². The molecule has 1 aromatic rings. The fourth-order valence-electron chi connectivity index (χ4n) is 1.31. The van der Waals surface area contributed by atoms with E-state index in [4.69, 9.17) is 10.8 Å². The lowest BCUT2D eigenvalue weighted by Crippen LogP contribution is -2.29. The van der Waals surface area contributed by atoms with Crippen molar-refractivity contribution in [2.75, 3.05) is 24.1 Å². The van der Waals surface area contributed by atoms with E-state index in [1.807, 2.05) is 6.92 Å². The molecule has 0 bridgehead atoms. The van der Waals surface area contributed by atoms with E-state index in [9.17, 15) is 9.59 Å². The van der Waals surface area contributed by atoms with E-state index in [1.165, 1.54) is 12.1 Å². The van der Waals surface area contributed by atoms with Crippen LogP contribution in [0, 0.1) is 0 Å². The lowest BCUT2D eigenvalue weighted by molar-refractivity contribution is -0.119. The number of benzene rings is 1. The van der Waals surface area contributed by atoms with Crippen molar-refractivity contribution in [3.05, 3.63) is 23.8 Å². The van der Waals surface area contributed by atoms with Crippen LogP contribution in [-0.2, 0) is 4.79 Å². The third-order valence-corrected chi connectivity index (χ3v) is 2.11.